The molecule has 3 aromatic rings. The lowest BCUT2D eigenvalue weighted by atomic mass is 10.1. The van der Waals surface area contributed by atoms with Crippen molar-refractivity contribution in [1.29, 1.82) is 0 Å². The first kappa shape index (κ1) is 17.8. The van der Waals surface area contributed by atoms with Crippen LogP contribution in [0.15, 0.2) is 42.5 Å². The molecule has 3 rings (SSSR count). The van der Waals surface area contributed by atoms with Crippen molar-refractivity contribution in [3.63, 3.8) is 0 Å². The third-order valence-corrected chi connectivity index (χ3v) is 4.94. The molecule has 0 atom stereocenters. The zero-order valence-electron chi connectivity index (χ0n) is 14.8. The first-order valence-corrected chi connectivity index (χ1v) is 8.97. The van der Waals surface area contributed by atoms with Gasteiger partial charge in [-0.1, -0.05) is 35.6 Å². The Morgan fingerprint density at radius 3 is 2.35 bits per heavy atom. The van der Waals surface area contributed by atoms with Crippen LogP contribution in [-0.2, 0) is 9.59 Å². The van der Waals surface area contributed by atoms with E-state index in [4.69, 9.17) is 0 Å². The average molecular weight is 365 g/mol. The molecular weight excluding hydrogens is 346 g/mol. The van der Waals surface area contributed by atoms with Gasteiger partial charge in [-0.15, -0.1) is 0 Å². The average Bonchev–Trinajstić information content (AvgIpc) is 3.02. The molecule has 2 amide bonds. The minimum Gasteiger partial charge on any atom is -0.326 e. The van der Waals surface area contributed by atoms with Crippen molar-refractivity contribution in [3.8, 4) is 0 Å². The van der Waals surface area contributed by atoms with Gasteiger partial charge < -0.3 is 5.32 Å². The van der Waals surface area contributed by atoms with Gasteiger partial charge in [-0.05, 0) is 48.7 Å². The lowest BCUT2D eigenvalue weighted by molar-refractivity contribution is -0.114. The highest BCUT2D eigenvalue weighted by atomic mass is 32.1. The Morgan fingerprint density at radius 2 is 1.69 bits per heavy atom. The predicted molar refractivity (Wildman–Crippen MR) is 108 cm³/mol. The summed E-state index contributed by atoms with van der Waals surface area (Å²) < 4.78 is 1.10. The second-order valence-corrected chi connectivity index (χ2v) is 7.02. The largest absolute Gasteiger partial charge is 0.326 e. The molecule has 0 saturated heterocycles. The van der Waals surface area contributed by atoms with E-state index in [1.165, 1.54) is 24.3 Å². The van der Waals surface area contributed by atoms with Crippen LogP contribution in [0.5, 0.6) is 0 Å². The lowest BCUT2D eigenvalue weighted by Gasteiger charge is -2.01. The SMILES string of the molecule is CC(=O)Nc1ccc(/C=C/C(=O)Nc2nc3c(C)ccc(C)c3s2)cc1. The molecule has 26 heavy (non-hydrogen) atoms. The van der Waals surface area contributed by atoms with Crippen LogP contribution in [0.3, 0.4) is 0 Å². The maximum absolute atomic E-state index is 12.2. The molecule has 0 aliphatic heterocycles. The van der Waals surface area contributed by atoms with Crippen LogP contribution in [0, 0.1) is 13.8 Å². The second kappa shape index (κ2) is 7.49. The zero-order valence-corrected chi connectivity index (χ0v) is 15.6. The molecular formula is C20H19N3O2S. The fourth-order valence-corrected chi connectivity index (χ4v) is 3.53. The number of hydrogen-bond acceptors (Lipinski definition) is 4. The number of carbonyl (C=O) groups excluding carboxylic acids is 2. The third kappa shape index (κ3) is 4.15. The van der Waals surface area contributed by atoms with Crippen molar-refractivity contribution in [1.82, 2.24) is 4.98 Å². The quantitative estimate of drug-likeness (QED) is 0.668. The highest BCUT2D eigenvalue weighted by Crippen LogP contribution is 2.30. The number of aryl methyl sites for hydroxylation is 2. The molecule has 1 aromatic heterocycles. The molecule has 0 fully saturated rings. The Kier molecular flexibility index (Phi) is 5.14. The fourth-order valence-electron chi connectivity index (χ4n) is 2.51. The molecule has 5 nitrogen and oxygen atoms in total. The van der Waals surface area contributed by atoms with Crippen LogP contribution in [0.25, 0.3) is 16.3 Å². The Bertz CT molecular complexity index is 965. The van der Waals surface area contributed by atoms with Crippen LogP contribution in [0.1, 0.15) is 23.6 Å². The number of hydrogen-bond donors (Lipinski definition) is 2. The summed E-state index contributed by atoms with van der Waals surface area (Å²) in [6.07, 6.45) is 3.19. The topological polar surface area (TPSA) is 71.1 Å². The minimum atomic E-state index is -0.231. The minimum absolute atomic E-state index is 0.117. The van der Waals surface area contributed by atoms with Gasteiger partial charge >= 0.3 is 0 Å². The third-order valence-electron chi connectivity index (χ3n) is 3.83. The van der Waals surface area contributed by atoms with Crippen LogP contribution >= 0.6 is 11.3 Å². The number of fused-ring (bicyclic) bond motifs is 1. The number of rotatable bonds is 4. The van der Waals surface area contributed by atoms with E-state index in [9.17, 15) is 9.59 Å². The van der Waals surface area contributed by atoms with Gasteiger partial charge in [0.05, 0.1) is 10.2 Å². The summed E-state index contributed by atoms with van der Waals surface area (Å²) in [4.78, 5) is 27.7. The van der Waals surface area contributed by atoms with E-state index < -0.39 is 0 Å². The van der Waals surface area contributed by atoms with Gasteiger partial charge in [-0.3, -0.25) is 14.9 Å². The van der Waals surface area contributed by atoms with Crippen LogP contribution < -0.4 is 10.6 Å². The molecule has 0 radical (unpaired) electrons. The lowest BCUT2D eigenvalue weighted by Crippen LogP contribution is -2.07. The van der Waals surface area contributed by atoms with E-state index in [2.05, 4.69) is 21.7 Å². The number of aromatic nitrogens is 1. The summed E-state index contributed by atoms with van der Waals surface area (Å²) in [7, 11) is 0. The molecule has 0 spiro atoms. The van der Waals surface area contributed by atoms with Crippen LogP contribution in [-0.4, -0.2) is 16.8 Å². The fraction of sp³-hybridized carbons (Fsp3) is 0.150. The molecule has 0 aliphatic rings. The summed E-state index contributed by atoms with van der Waals surface area (Å²) in [6.45, 7) is 5.51. The Balaban J connectivity index is 1.69. The maximum Gasteiger partial charge on any atom is 0.250 e. The number of carbonyl (C=O) groups is 2. The number of thiazole rings is 1. The first-order chi connectivity index (χ1) is 12.4. The highest BCUT2D eigenvalue weighted by Gasteiger charge is 2.09. The standard InChI is InChI=1S/C20H19N3O2S/c1-12-4-5-13(2)19-18(12)23-20(26-19)22-17(25)11-8-15-6-9-16(10-7-15)21-14(3)24/h4-11H,1-3H3,(H,21,24)(H,22,23,25)/b11-8+. The van der Waals surface area contributed by atoms with E-state index in [1.807, 2.05) is 32.0 Å². The molecule has 0 saturated carbocycles. The summed E-state index contributed by atoms with van der Waals surface area (Å²) in [5.41, 5.74) is 4.77. The smallest absolute Gasteiger partial charge is 0.250 e. The van der Waals surface area contributed by atoms with Crippen molar-refractivity contribution in [2.75, 3.05) is 10.6 Å². The first-order valence-electron chi connectivity index (χ1n) is 8.16. The summed E-state index contributed by atoms with van der Waals surface area (Å²) in [5, 5.41) is 6.11. The molecule has 2 N–H and O–H groups in total. The Hall–Kier alpha value is -2.99. The Morgan fingerprint density at radius 1 is 1.00 bits per heavy atom. The monoisotopic (exact) mass is 365 g/mol. The number of benzene rings is 2. The van der Waals surface area contributed by atoms with Gasteiger partial charge in [0.25, 0.3) is 0 Å². The summed E-state index contributed by atoms with van der Waals surface area (Å²) in [6, 6.07) is 11.3. The normalized spacial score (nSPS) is 11.0. The van der Waals surface area contributed by atoms with Gasteiger partial charge in [-0.2, -0.15) is 0 Å². The number of amides is 2. The molecule has 0 aliphatic carbocycles. The van der Waals surface area contributed by atoms with Crippen molar-refractivity contribution in [3.05, 3.63) is 59.2 Å². The van der Waals surface area contributed by atoms with Crippen molar-refractivity contribution in [2.24, 2.45) is 0 Å². The molecule has 1 heterocycles. The summed E-state index contributed by atoms with van der Waals surface area (Å²) in [5.74, 6) is -0.348. The van der Waals surface area contributed by atoms with Crippen molar-refractivity contribution >= 4 is 50.3 Å². The van der Waals surface area contributed by atoms with Gasteiger partial charge in [-0.25, -0.2) is 4.98 Å². The molecule has 6 heteroatoms. The van der Waals surface area contributed by atoms with E-state index >= 15 is 0 Å². The molecule has 0 unspecified atom stereocenters. The van der Waals surface area contributed by atoms with Gasteiger partial charge in [0.1, 0.15) is 0 Å². The maximum atomic E-state index is 12.2. The summed E-state index contributed by atoms with van der Waals surface area (Å²) >= 11 is 1.48. The van der Waals surface area contributed by atoms with E-state index in [-0.39, 0.29) is 11.8 Å². The Labute approximate surface area is 155 Å². The van der Waals surface area contributed by atoms with Gasteiger partial charge in [0, 0.05) is 18.7 Å². The van der Waals surface area contributed by atoms with Crippen molar-refractivity contribution < 1.29 is 9.59 Å². The highest BCUT2D eigenvalue weighted by molar-refractivity contribution is 7.22. The number of nitrogens with zero attached hydrogens (tertiary/aromatic N) is 1. The molecule has 0 bridgehead atoms. The van der Waals surface area contributed by atoms with E-state index in [0.29, 0.717) is 5.13 Å². The second-order valence-electron chi connectivity index (χ2n) is 6.02. The zero-order chi connectivity index (χ0) is 18.7. The van der Waals surface area contributed by atoms with Gasteiger partial charge in [0.2, 0.25) is 11.8 Å². The number of nitrogens with one attached hydrogen (secondary N) is 2. The molecule has 2 aromatic carbocycles. The molecule has 132 valence electrons. The van der Waals surface area contributed by atoms with Gasteiger partial charge in [0.15, 0.2) is 5.13 Å². The van der Waals surface area contributed by atoms with E-state index in [0.717, 1.165) is 32.6 Å². The van der Waals surface area contributed by atoms with Crippen LogP contribution in [0.4, 0.5) is 10.8 Å². The van der Waals surface area contributed by atoms with Crippen molar-refractivity contribution in [2.45, 2.75) is 20.8 Å². The number of anilines is 2. The predicted octanol–water partition coefficient (Wildman–Crippen LogP) is 4.52. The van der Waals surface area contributed by atoms with Crippen LogP contribution in [0.2, 0.25) is 0 Å². The van der Waals surface area contributed by atoms with E-state index in [1.54, 1.807) is 18.2 Å².